The Hall–Kier alpha value is -1.40. The van der Waals surface area contributed by atoms with Gasteiger partial charge in [0, 0.05) is 17.6 Å². The Morgan fingerprint density at radius 1 is 1.18 bits per heavy atom. The van der Waals surface area contributed by atoms with E-state index >= 15 is 0 Å². The lowest BCUT2D eigenvalue weighted by atomic mass is 9.91. The van der Waals surface area contributed by atoms with E-state index in [0.29, 0.717) is 4.80 Å². The van der Waals surface area contributed by atoms with E-state index < -0.39 is 10.0 Å². The molecule has 0 radical (unpaired) electrons. The highest BCUT2D eigenvalue weighted by atomic mass is 32.2. The fourth-order valence-electron chi connectivity index (χ4n) is 2.06. The van der Waals surface area contributed by atoms with Crippen LogP contribution in [-0.2, 0) is 23.5 Å². The first-order valence-electron chi connectivity index (χ1n) is 7.11. The number of benzene rings is 1. The van der Waals surface area contributed by atoms with Crippen molar-refractivity contribution < 1.29 is 8.42 Å². The SMILES string of the molecule is Cc1c(CC(C)(C)C)s/c(=N\S(=O)(=O)c2ccccc2)n1C. The molecule has 1 aromatic carbocycles. The maximum absolute atomic E-state index is 12.4. The topological polar surface area (TPSA) is 51.4 Å². The van der Waals surface area contributed by atoms with Crippen molar-refractivity contribution >= 4 is 21.4 Å². The number of sulfonamides is 1. The predicted molar refractivity (Wildman–Crippen MR) is 90.4 cm³/mol. The maximum atomic E-state index is 12.4. The van der Waals surface area contributed by atoms with Crippen LogP contribution in [0.2, 0.25) is 0 Å². The van der Waals surface area contributed by atoms with Gasteiger partial charge in [0.25, 0.3) is 10.0 Å². The average Bonchev–Trinajstić information content (AvgIpc) is 2.66. The summed E-state index contributed by atoms with van der Waals surface area (Å²) in [5, 5.41) is 0. The Morgan fingerprint density at radius 2 is 1.77 bits per heavy atom. The van der Waals surface area contributed by atoms with E-state index in [1.807, 2.05) is 18.5 Å². The summed E-state index contributed by atoms with van der Waals surface area (Å²) in [7, 11) is -1.81. The molecule has 22 heavy (non-hydrogen) atoms. The third kappa shape index (κ3) is 3.87. The second-order valence-electron chi connectivity index (χ2n) is 6.57. The second kappa shape index (κ2) is 6.01. The zero-order valence-corrected chi connectivity index (χ0v) is 15.3. The normalized spacial score (nSPS) is 13.6. The van der Waals surface area contributed by atoms with Gasteiger partial charge in [-0.2, -0.15) is 8.42 Å². The second-order valence-corrected chi connectivity index (χ2v) is 9.24. The minimum Gasteiger partial charge on any atom is -0.323 e. The van der Waals surface area contributed by atoms with Crippen LogP contribution in [0.15, 0.2) is 39.6 Å². The first-order valence-corrected chi connectivity index (χ1v) is 9.37. The molecule has 0 saturated carbocycles. The van der Waals surface area contributed by atoms with Crippen molar-refractivity contribution in [1.82, 2.24) is 4.57 Å². The lowest BCUT2D eigenvalue weighted by Crippen LogP contribution is -2.15. The fraction of sp³-hybridized carbons (Fsp3) is 0.438. The first-order chi connectivity index (χ1) is 10.1. The molecule has 0 bridgehead atoms. The zero-order chi connectivity index (χ0) is 16.5. The molecule has 1 heterocycles. The van der Waals surface area contributed by atoms with E-state index in [9.17, 15) is 8.42 Å². The van der Waals surface area contributed by atoms with Crippen LogP contribution < -0.4 is 4.80 Å². The van der Waals surface area contributed by atoms with E-state index in [0.717, 1.165) is 12.1 Å². The van der Waals surface area contributed by atoms with E-state index in [1.54, 1.807) is 30.3 Å². The summed E-state index contributed by atoms with van der Waals surface area (Å²) in [5.41, 5.74) is 1.22. The van der Waals surface area contributed by atoms with Gasteiger partial charge in [-0.05, 0) is 30.9 Å². The van der Waals surface area contributed by atoms with Crippen LogP contribution in [0.4, 0.5) is 0 Å². The molecule has 0 atom stereocenters. The number of thiazole rings is 1. The summed E-state index contributed by atoms with van der Waals surface area (Å²) in [6, 6.07) is 8.32. The minimum absolute atomic E-state index is 0.151. The molecule has 0 spiro atoms. The van der Waals surface area contributed by atoms with Gasteiger partial charge in [-0.3, -0.25) is 0 Å². The number of rotatable bonds is 3. The molecule has 120 valence electrons. The predicted octanol–water partition coefficient (Wildman–Crippen LogP) is 3.27. The van der Waals surface area contributed by atoms with Gasteiger partial charge in [-0.1, -0.05) is 39.0 Å². The number of hydrogen-bond donors (Lipinski definition) is 0. The highest BCUT2D eigenvalue weighted by molar-refractivity contribution is 7.90. The van der Waals surface area contributed by atoms with E-state index in [2.05, 4.69) is 25.2 Å². The average molecular weight is 338 g/mol. The molecular weight excluding hydrogens is 316 g/mol. The summed E-state index contributed by atoms with van der Waals surface area (Å²) >= 11 is 1.45. The summed E-state index contributed by atoms with van der Waals surface area (Å²) in [6.45, 7) is 8.52. The van der Waals surface area contributed by atoms with E-state index in [1.165, 1.54) is 16.2 Å². The van der Waals surface area contributed by atoms with Crippen molar-refractivity contribution in [2.24, 2.45) is 16.9 Å². The van der Waals surface area contributed by atoms with Gasteiger partial charge in [-0.25, -0.2) is 0 Å². The van der Waals surface area contributed by atoms with Crippen LogP contribution in [0.5, 0.6) is 0 Å². The van der Waals surface area contributed by atoms with Gasteiger partial charge in [0.2, 0.25) is 4.80 Å². The zero-order valence-electron chi connectivity index (χ0n) is 13.6. The molecule has 2 aromatic rings. The van der Waals surface area contributed by atoms with Gasteiger partial charge in [-0.15, -0.1) is 15.7 Å². The standard InChI is InChI=1S/C16H22N2O2S2/c1-12-14(11-16(2,3)4)21-15(18(12)5)17-22(19,20)13-9-7-6-8-10-13/h6-10H,11H2,1-5H3/b17-15-. The Kier molecular flexibility index (Phi) is 4.63. The molecule has 0 fully saturated rings. The molecule has 4 nitrogen and oxygen atoms in total. The molecule has 0 saturated heterocycles. The monoisotopic (exact) mass is 338 g/mol. The van der Waals surface area contributed by atoms with Gasteiger partial charge in [0.05, 0.1) is 4.90 Å². The molecule has 6 heteroatoms. The number of nitrogens with zero attached hydrogens (tertiary/aromatic N) is 2. The largest absolute Gasteiger partial charge is 0.323 e. The van der Waals surface area contributed by atoms with Gasteiger partial charge in [0.1, 0.15) is 0 Å². The van der Waals surface area contributed by atoms with Gasteiger partial charge in [0.15, 0.2) is 0 Å². The van der Waals surface area contributed by atoms with Crippen LogP contribution >= 0.6 is 11.3 Å². The molecule has 0 aliphatic rings. The lowest BCUT2D eigenvalue weighted by molar-refractivity contribution is 0.413. The molecule has 1 aromatic heterocycles. The van der Waals surface area contributed by atoms with E-state index in [-0.39, 0.29) is 10.3 Å². The van der Waals surface area contributed by atoms with Crippen molar-refractivity contribution in [3.05, 3.63) is 45.7 Å². The summed E-state index contributed by atoms with van der Waals surface area (Å²) < 4.78 is 30.7. The smallest absolute Gasteiger partial charge is 0.285 e. The highest BCUT2D eigenvalue weighted by Crippen LogP contribution is 2.24. The van der Waals surface area contributed by atoms with Crippen molar-refractivity contribution in [2.75, 3.05) is 0 Å². The van der Waals surface area contributed by atoms with Crippen molar-refractivity contribution in [3.8, 4) is 0 Å². The summed E-state index contributed by atoms with van der Waals surface area (Å²) in [4.78, 5) is 1.91. The molecule has 0 aliphatic heterocycles. The Bertz CT molecular complexity index is 823. The van der Waals surface area contributed by atoms with Crippen LogP contribution in [0, 0.1) is 12.3 Å². The maximum Gasteiger partial charge on any atom is 0.285 e. The van der Waals surface area contributed by atoms with Crippen molar-refractivity contribution in [1.29, 1.82) is 0 Å². The van der Waals surface area contributed by atoms with E-state index in [4.69, 9.17) is 0 Å². The minimum atomic E-state index is -3.67. The number of aromatic nitrogens is 1. The quantitative estimate of drug-likeness (QED) is 0.862. The van der Waals surface area contributed by atoms with Crippen molar-refractivity contribution in [2.45, 2.75) is 39.0 Å². The fourth-order valence-corrected chi connectivity index (χ4v) is 4.72. The molecule has 0 aliphatic carbocycles. The van der Waals surface area contributed by atoms with Crippen LogP contribution in [0.1, 0.15) is 31.3 Å². The van der Waals surface area contributed by atoms with Crippen LogP contribution in [-0.4, -0.2) is 13.0 Å². The molecule has 0 N–H and O–H groups in total. The van der Waals surface area contributed by atoms with Gasteiger partial charge >= 0.3 is 0 Å². The van der Waals surface area contributed by atoms with Gasteiger partial charge < -0.3 is 4.57 Å². The number of hydrogen-bond acceptors (Lipinski definition) is 3. The molecule has 2 rings (SSSR count). The highest BCUT2D eigenvalue weighted by Gasteiger charge is 2.18. The Labute approximate surface area is 136 Å². The van der Waals surface area contributed by atoms with Crippen molar-refractivity contribution in [3.63, 3.8) is 0 Å². The third-order valence-electron chi connectivity index (χ3n) is 3.34. The first kappa shape index (κ1) is 17.0. The Balaban J connectivity index is 2.52. The third-order valence-corrected chi connectivity index (χ3v) is 5.97. The molecular formula is C16H22N2O2S2. The molecule has 0 unspecified atom stereocenters. The lowest BCUT2D eigenvalue weighted by Gasteiger charge is -2.17. The summed E-state index contributed by atoms with van der Waals surface area (Å²) in [5.74, 6) is 0. The summed E-state index contributed by atoms with van der Waals surface area (Å²) in [6.07, 6.45) is 0.901. The Morgan fingerprint density at radius 3 is 2.32 bits per heavy atom. The van der Waals surface area contributed by atoms with Crippen LogP contribution in [0.25, 0.3) is 0 Å². The molecule has 0 amide bonds. The van der Waals surface area contributed by atoms with Crippen LogP contribution in [0.3, 0.4) is 0 Å².